The van der Waals surface area contributed by atoms with Crippen molar-refractivity contribution in [1.29, 1.82) is 0 Å². The van der Waals surface area contributed by atoms with Crippen LogP contribution in [0.3, 0.4) is 0 Å². The topological polar surface area (TPSA) is 186 Å². The first-order valence-electron chi connectivity index (χ1n) is 18.7. The van der Waals surface area contributed by atoms with Gasteiger partial charge in [0.2, 0.25) is 27.7 Å². The maximum Gasteiger partial charge on any atom is 0.407 e. The highest BCUT2D eigenvalue weighted by molar-refractivity contribution is 7.91. The van der Waals surface area contributed by atoms with Crippen LogP contribution in [0.2, 0.25) is 0 Å². The molecule has 4 aliphatic rings. The van der Waals surface area contributed by atoms with Gasteiger partial charge in [0.25, 0.3) is 5.91 Å². The average molecular weight is 759 g/mol. The van der Waals surface area contributed by atoms with Crippen molar-refractivity contribution in [2.75, 3.05) is 13.2 Å². The van der Waals surface area contributed by atoms with Crippen LogP contribution >= 0.6 is 0 Å². The number of ether oxygens (including phenoxy) is 2. The number of rotatable bonds is 8. The summed E-state index contributed by atoms with van der Waals surface area (Å²) >= 11 is 0. The zero-order chi connectivity index (χ0) is 38.2. The van der Waals surface area contributed by atoms with Gasteiger partial charge in [-0.1, -0.05) is 75.7 Å². The number of hydrogen-bond acceptors (Lipinski definition) is 10. The third-order valence-corrected chi connectivity index (χ3v) is 12.5. The lowest BCUT2D eigenvalue weighted by Crippen LogP contribution is -2.59. The first-order valence-corrected chi connectivity index (χ1v) is 20.3. The van der Waals surface area contributed by atoms with Crippen molar-refractivity contribution >= 4 is 50.9 Å². The summed E-state index contributed by atoms with van der Waals surface area (Å²) in [5.74, 6) is -2.37. The van der Waals surface area contributed by atoms with Gasteiger partial charge in [0, 0.05) is 12.0 Å². The molecule has 0 spiro atoms. The lowest BCUT2D eigenvalue weighted by molar-refractivity contribution is -0.141. The van der Waals surface area contributed by atoms with Gasteiger partial charge >= 0.3 is 6.09 Å². The van der Waals surface area contributed by atoms with Gasteiger partial charge in [-0.05, 0) is 61.6 Å². The van der Waals surface area contributed by atoms with Crippen LogP contribution in [-0.2, 0) is 29.1 Å². The summed E-state index contributed by atoms with van der Waals surface area (Å²) in [5.41, 5.74) is 1.96. The summed E-state index contributed by atoms with van der Waals surface area (Å²) in [6.07, 6.45) is 5.41. The van der Waals surface area contributed by atoms with E-state index in [-0.39, 0.29) is 43.7 Å². The maximum absolute atomic E-state index is 14.4. The molecule has 5 atom stereocenters. The molecule has 1 saturated heterocycles. The van der Waals surface area contributed by atoms with Crippen molar-refractivity contribution < 1.29 is 37.1 Å². The predicted molar refractivity (Wildman–Crippen MR) is 200 cm³/mol. The average Bonchev–Trinajstić information content (AvgIpc) is 4.08. The number of cyclic esters (lactones) is 1. The SMILES string of the molecule is CC[C@@H]1C[C@@]1(NC(=O)[C@@H]1C[C@@H]2CN1C(=O)[C@H](C(C)C)NC(=O)OCCC/C=C/c1ccc3nc(-c4ccccc4)c(nc3c1)O2)C(=O)NS(=O)(=O)C1CC1. The molecule has 286 valence electrons. The summed E-state index contributed by atoms with van der Waals surface area (Å²) in [7, 11) is -3.87. The molecule has 2 aliphatic heterocycles. The first kappa shape index (κ1) is 37.3. The quantitative estimate of drug-likeness (QED) is 0.302. The third-order valence-electron chi connectivity index (χ3n) is 10.6. The number of aromatic nitrogens is 2. The fourth-order valence-electron chi connectivity index (χ4n) is 7.30. The molecule has 1 aromatic heterocycles. The standard InChI is InChI=1S/C39H46N6O8S/c1-4-26-21-39(26,37(48)44-54(50,51)28-15-16-28)43-34(46)31-20-27-22-45(31)36(47)32(23(2)3)42-38(49)52-18-10-6-7-11-24-14-17-29-30(19-24)41-35(53-27)33(40-29)25-12-8-5-9-13-25/h5,7-9,11-14,17,19,23,26-28,31-32H,4,6,10,15-16,18,20-22H2,1-3H3,(H,42,49)(H,43,46)(H,44,48)/b11-7+/t26-,27-,31+,32+,39+/m1/s1. The monoisotopic (exact) mass is 758 g/mol. The molecule has 54 heavy (non-hydrogen) atoms. The molecule has 14 nitrogen and oxygen atoms in total. The lowest BCUT2D eigenvalue weighted by Gasteiger charge is -2.31. The summed E-state index contributed by atoms with van der Waals surface area (Å²) in [6.45, 7) is 5.52. The van der Waals surface area contributed by atoms with Crippen molar-refractivity contribution in [3.63, 3.8) is 0 Å². The van der Waals surface area contributed by atoms with Crippen LogP contribution in [0.15, 0.2) is 54.6 Å². The Morgan fingerprint density at radius 2 is 1.85 bits per heavy atom. The van der Waals surface area contributed by atoms with Crippen molar-refractivity contribution in [3.8, 4) is 17.1 Å². The molecular formula is C39H46N6O8S. The van der Waals surface area contributed by atoms with Crippen LogP contribution in [0.5, 0.6) is 5.88 Å². The fraction of sp³-hybridized carbons (Fsp3) is 0.487. The van der Waals surface area contributed by atoms with Crippen LogP contribution < -0.4 is 20.1 Å². The summed E-state index contributed by atoms with van der Waals surface area (Å²) in [5, 5.41) is 4.95. The Morgan fingerprint density at radius 3 is 2.56 bits per heavy atom. The smallest absolute Gasteiger partial charge is 0.407 e. The van der Waals surface area contributed by atoms with E-state index in [9.17, 15) is 27.6 Å². The molecule has 7 rings (SSSR count). The first-order chi connectivity index (χ1) is 25.9. The number of sulfonamides is 1. The number of carbonyl (C=O) groups is 4. The van der Waals surface area contributed by atoms with E-state index in [4.69, 9.17) is 19.4 Å². The molecule has 15 heteroatoms. The second-order valence-electron chi connectivity index (χ2n) is 15.0. The maximum atomic E-state index is 14.4. The van der Waals surface area contributed by atoms with Gasteiger partial charge in [0.15, 0.2) is 0 Å². The molecule has 0 unspecified atom stereocenters. The van der Waals surface area contributed by atoms with Gasteiger partial charge in [0.1, 0.15) is 29.4 Å². The number of amides is 4. The highest BCUT2D eigenvalue weighted by atomic mass is 32.2. The molecule has 5 bridgehead atoms. The van der Waals surface area contributed by atoms with E-state index in [0.717, 1.165) is 11.1 Å². The Hall–Kier alpha value is -5.05. The zero-order valence-electron chi connectivity index (χ0n) is 30.6. The number of allylic oxidation sites excluding steroid dienone is 1. The minimum atomic E-state index is -3.87. The Labute approximate surface area is 314 Å². The van der Waals surface area contributed by atoms with Gasteiger partial charge < -0.3 is 25.0 Å². The van der Waals surface area contributed by atoms with E-state index < -0.39 is 62.8 Å². The normalized spacial score (nSPS) is 26.6. The lowest BCUT2D eigenvalue weighted by atomic mass is 10.0. The minimum absolute atomic E-state index is 0.0262. The minimum Gasteiger partial charge on any atom is -0.471 e. The van der Waals surface area contributed by atoms with Crippen molar-refractivity contribution in [1.82, 2.24) is 30.2 Å². The van der Waals surface area contributed by atoms with Crippen molar-refractivity contribution in [2.24, 2.45) is 11.8 Å². The van der Waals surface area contributed by atoms with E-state index >= 15 is 0 Å². The molecule has 2 aliphatic carbocycles. The van der Waals surface area contributed by atoms with E-state index in [0.29, 0.717) is 48.8 Å². The highest BCUT2D eigenvalue weighted by Crippen LogP contribution is 2.47. The number of carbonyl (C=O) groups excluding carboxylic acids is 4. The van der Waals surface area contributed by atoms with Crippen LogP contribution in [-0.4, -0.2) is 89.2 Å². The van der Waals surface area contributed by atoms with Crippen LogP contribution in [0.25, 0.3) is 28.4 Å². The molecule has 3 fully saturated rings. The van der Waals surface area contributed by atoms with E-state index in [2.05, 4.69) is 15.4 Å². The Bertz CT molecular complexity index is 2090. The van der Waals surface area contributed by atoms with Crippen LogP contribution in [0, 0.1) is 11.8 Å². The molecule has 2 saturated carbocycles. The van der Waals surface area contributed by atoms with Gasteiger partial charge in [-0.3, -0.25) is 19.1 Å². The van der Waals surface area contributed by atoms with Crippen LogP contribution in [0.1, 0.15) is 71.3 Å². The molecular weight excluding hydrogens is 713 g/mol. The van der Waals surface area contributed by atoms with E-state index in [1.54, 1.807) is 13.8 Å². The zero-order valence-corrected chi connectivity index (χ0v) is 31.4. The van der Waals surface area contributed by atoms with E-state index in [1.807, 2.05) is 67.6 Å². The molecule has 3 heterocycles. The summed E-state index contributed by atoms with van der Waals surface area (Å²) < 4.78 is 39.7. The molecule has 3 aromatic rings. The van der Waals surface area contributed by atoms with Crippen LogP contribution in [0.4, 0.5) is 4.79 Å². The summed E-state index contributed by atoms with van der Waals surface area (Å²) in [6, 6.07) is 13.0. The molecule has 0 radical (unpaired) electrons. The number of nitrogens with one attached hydrogen (secondary N) is 3. The summed E-state index contributed by atoms with van der Waals surface area (Å²) in [4.78, 5) is 66.5. The van der Waals surface area contributed by atoms with Gasteiger partial charge in [0.05, 0.1) is 29.4 Å². The largest absolute Gasteiger partial charge is 0.471 e. The highest BCUT2D eigenvalue weighted by Gasteiger charge is 2.62. The van der Waals surface area contributed by atoms with Gasteiger partial charge in [-0.15, -0.1) is 0 Å². The number of benzene rings is 2. The van der Waals surface area contributed by atoms with Gasteiger partial charge in [-0.2, -0.15) is 0 Å². The number of nitrogens with zero attached hydrogens (tertiary/aromatic N) is 3. The third kappa shape index (κ3) is 7.77. The van der Waals surface area contributed by atoms with Gasteiger partial charge in [-0.25, -0.2) is 23.2 Å². The molecule has 3 N–H and O–H groups in total. The fourth-order valence-corrected chi connectivity index (χ4v) is 8.66. The Kier molecular flexibility index (Phi) is 10.4. The second-order valence-corrected chi connectivity index (χ2v) is 16.9. The molecule has 2 aromatic carbocycles. The Balaban J connectivity index is 1.24. The number of alkyl carbamates (subject to hydrolysis) is 1. The number of hydrogen-bond donors (Lipinski definition) is 3. The number of fused-ring (bicyclic) bond motifs is 4. The van der Waals surface area contributed by atoms with E-state index in [1.165, 1.54) is 4.90 Å². The predicted octanol–water partition coefficient (Wildman–Crippen LogP) is 4.10. The molecule has 4 amide bonds. The Morgan fingerprint density at radius 1 is 1.07 bits per heavy atom. The van der Waals surface area contributed by atoms with Crippen molar-refractivity contribution in [3.05, 3.63) is 60.2 Å². The second kappa shape index (κ2) is 15.0. The van der Waals surface area contributed by atoms with Crippen molar-refractivity contribution in [2.45, 2.75) is 94.7 Å².